The van der Waals surface area contributed by atoms with Gasteiger partial charge in [0.05, 0.1) is 5.52 Å². The maximum absolute atomic E-state index is 3.53. The minimum atomic E-state index is 1.10. The molecule has 26 heavy (non-hydrogen) atoms. The minimum Gasteiger partial charge on any atom is -0.310 e. The summed E-state index contributed by atoms with van der Waals surface area (Å²) >= 11 is 3.53. The molecule has 4 aromatic rings. The van der Waals surface area contributed by atoms with E-state index >= 15 is 0 Å². The third-order valence-electron chi connectivity index (χ3n) is 5.14. The number of rotatable bonds is 2. The van der Waals surface area contributed by atoms with Crippen molar-refractivity contribution in [3.05, 3.63) is 94.6 Å². The molecular weight excluding hydrogens is 382 g/mol. The molecule has 0 fully saturated rings. The van der Waals surface area contributed by atoms with Gasteiger partial charge in [-0.2, -0.15) is 0 Å². The molecule has 1 nitrogen and oxygen atoms in total. The summed E-state index contributed by atoms with van der Waals surface area (Å²) in [4.78, 5) is 0. The molecule has 1 heterocycles. The van der Waals surface area contributed by atoms with Gasteiger partial charge in [-0.05, 0) is 72.0 Å². The molecule has 0 atom stereocenters. The van der Waals surface area contributed by atoms with Gasteiger partial charge in [0.1, 0.15) is 0 Å². The van der Waals surface area contributed by atoms with Crippen LogP contribution in [0.1, 0.15) is 17.7 Å². The maximum Gasteiger partial charge on any atom is 0.0538 e. The van der Waals surface area contributed by atoms with Crippen LogP contribution in [0.5, 0.6) is 0 Å². The van der Waals surface area contributed by atoms with Crippen LogP contribution in [0.2, 0.25) is 0 Å². The third-order valence-corrected chi connectivity index (χ3v) is 5.67. The average Bonchev–Trinajstić information content (AvgIpc) is 3.03. The van der Waals surface area contributed by atoms with Gasteiger partial charge in [-0.3, -0.25) is 0 Å². The second-order valence-corrected chi connectivity index (χ2v) is 7.63. The Morgan fingerprint density at radius 2 is 1.58 bits per heavy atom. The van der Waals surface area contributed by atoms with E-state index in [1.807, 2.05) is 0 Å². The van der Waals surface area contributed by atoms with Gasteiger partial charge in [-0.25, -0.2) is 0 Å². The second kappa shape index (κ2) is 6.30. The van der Waals surface area contributed by atoms with Crippen LogP contribution in [0.4, 0.5) is 0 Å². The molecule has 5 rings (SSSR count). The first-order chi connectivity index (χ1) is 12.8. The van der Waals surface area contributed by atoms with Crippen molar-refractivity contribution >= 4 is 32.9 Å². The van der Waals surface area contributed by atoms with Crippen molar-refractivity contribution in [2.24, 2.45) is 0 Å². The van der Waals surface area contributed by atoms with E-state index in [2.05, 4.69) is 105 Å². The molecule has 3 aromatic carbocycles. The lowest BCUT2D eigenvalue weighted by Gasteiger charge is -2.11. The molecule has 0 radical (unpaired) electrons. The van der Waals surface area contributed by atoms with Crippen LogP contribution in [0.25, 0.3) is 33.8 Å². The van der Waals surface area contributed by atoms with Crippen molar-refractivity contribution in [1.29, 1.82) is 0 Å². The highest BCUT2D eigenvalue weighted by molar-refractivity contribution is 9.10. The zero-order valence-corrected chi connectivity index (χ0v) is 15.9. The SMILES string of the molecule is Brc1ccc(-c2ccc3c(c2)c2c(n3-c3ccccc3)C=CCC2)cc1. The second-order valence-electron chi connectivity index (χ2n) is 6.71. The molecule has 0 N–H and O–H groups in total. The number of benzene rings is 3. The number of halogens is 1. The first kappa shape index (κ1) is 15.7. The molecule has 1 aliphatic carbocycles. The summed E-state index contributed by atoms with van der Waals surface area (Å²) in [6.45, 7) is 0. The van der Waals surface area contributed by atoms with Crippen LogP contribution >= 0.6 is 15.9 Å². The summed E-state index contributed by atoms with van der Waals surface area (Å²) in [5.74, 6) is 0. The summed E-state index contributed by atoms with van der Waals surface area (Å²) < 4.78 is 3.51. The first-order valence-corrected chi connectivity index (χ1v) is 9.76. The van der Waals surface area contributed by atoms with Gasteiger partial charge in [-0.1, -0.05) is 58.4 Å². The number of aryl methyl sites for hydroxylation is 1. The van der Waals surface area contributed by atoms with Gasteiger partial charge >= 0.3 is 0 Å². The fraction of sp³-hybridized carbons (Fsp3) is 0.0833. The van der Waals surface area contributed by atoms with Gasteiger partial charge in [0, 0.05) is 21.2 Å². The quantitative estimate of drug-likeness (QED) is 0.341. The van der Waals surface area contributed by atoms with E-state index < -0.39 is 0 Å². The highest BCUT2D eigenvalue weighted by Crippen LogP contribution is 2.36. The molecular formula is C24H18BrN. The average molecular weight is 400 g/mol. The first-order valence-electron chi connectivity index (χ1n) is 8.96. The summed E-state index contributed by atoms with van der Waals surface area (Å²) in [6.07, 6.45) is 6.79. The van der Waals surface area contributed by atoms with E-state index in [1.165, 1.54) is 39.0 Å². The summed E-state index contributed by atoms with van der Waals surface area (Å²) in [5, 5.41) is 1.37. The lowest BCUT2D eigenvalue weighted by molar-refractivity contribution is 0.967. The Hall–Kier alpha value is -2.58. The largest absolute Gasteiger partial charge is 0.310 e. The van der Waals surface area contributed by atoms with Crippen LogP contribution in [0, 0.1) is 0 Å². The van der Waals surface area contributed by atoms with E-state index in [0.717, 1.165) is 17.3 Å². The van der Waals surface area contributed by atoms with E-state index in [4.69, 9.17) is 0 Å². The molecule has 2 heteroatoms. The Labute approximate surface area is 161 Å². The molecule has 0 saturated heterocycles. The monoisotopic (exact) mass is 399 g/mol. The third kappa shape index (κ3) is 2.53. The van der Waals surface area contributed by atoms with Gasteiger partial charge in [-0.15, -0.1) is 0 Å². The number of hydrogen-bond acceptors (Lipinski definition) is 0. The van der Waals surface area contributed by atoms with Crippen molar-refractivity contribution < 1.29 is 0 Å². The van der Waals surface area contributed by atoms with E-state index in [-0.39, 0.29) is 0 Å². The number of para-hydroxylation sites is 1. The van der Waals surface area contributed by atoms with Gasteiger partial charge in [0.2, 0.25) is 0 Å². The summed E-state index contributed by atoms with van der Waals surface area (Å²) in [7, 11) is 0. The molecule has 0 aliphatic heterocycles. The topological polar surface area (TPSA) is 4.93 Å². The minimum absolute atomic E-state index is 1.10. The fourth-order valence-corrected chi connectivity index (χ4v) is 4.18. The predicted molar refractivity (Wildman–Crippen MR) is 114 cm³/mol. The Balaban J connectivity index is 1.77. The smallest absolute Gasteiger partial charge is 0.0538 e. The Bertz CT molecular complexity index is 1120. The predicted octanol–water partition coefficient (Wildman–Crippen LogP) is 7.02. The zero-order valence-electron chi connectivity index (χ0n) is 14.3. The van der Waals surface area contributed by atoms with Gasteiger partial charge < -0.3 is 4.57 Å². The highest BCUT2D eigenvalue weighted by Gasteiger charge is 2.18. The van der Waals surface area contributed by atoms with Crippen molar-refractivity contribution in [3.63, 3.8) is 0 Å². The van der Waals surface area contributed by atoms with Crippen molar-refractivity contribution in [2.45, 2.75) is 12.8 Å². The normalized spacial score (nSPS) is 13.1. The van der Waals surface area contributed by atoms with Gasteiger partial charge in [0.15, 0.2) is 0 Å². The number of allylic oxidation sites excluding steroid dienone is 1. The van der Waals surface area contributed by atoms with Crippen LogP contribution in [0.15, 0.2) is 83.3 Å². The number of aromatic nitrogens is 1. The molecule has 0 unspecified atom stereocenters. The molecule has 1 aliphatic rings. The molecule has 0 amide bonds. The fourth-order valence-electron chi connectivity index (χ4n) is 3.91. The lowest BCUT2D eigenvalue weighted by Crippen LogP contribution is -1.99. The standard InChI is InChI=1S/C24H18BrN/c25-19-13-10-17(11-14-19)18-12-15-24-22(16-18)21-8-4-5-9-23(21)26(24)20-6-2-1-3-7-20/h1-3,5-7,9-16H,4,8H2. The number of fused-ring (bicyclic) bond motifs is 3. The Morgan fingerprint density at radius 1 is 0.808 bits per heavy atom. The summed E-state index contributed by atoms with van der Waals surface area (Å²) in [5.41, 5.74) is 7.82. The number of hydrogen-bond donors (Lipinski definition) is 0. The Kier molecular flexibility index (Phi) is 3.79. The van der Waals surface area contributed by atoms with Crippen molar-refractivity contribution in [3.8, 4) is 16.8 Å². The maximum atomic E-state index is 3.53. The van der Waals surface area contributed by atoms with Crippen LogP contribution < -0.4 is 0 Å². The number of nitrogens with zero attached hydrogens (tertiary/aromatic N) is 1. The van der Waals surface area contributed by atoms with Crippen LogP contribution in [0.3, 0.4) is 0 Å². The van der Waals surface area contributed by atoms with Crippen molar-refractivity contribution in [1.82, 2.24) is 4.57 Å². The van der Waals surface area contributed by atoms with Crippen LogP contribution in [-0.4, -0.2) is 4.57 Å². The lowest BCUT2D eigenvalue weighted by atomic mass is 9.98. The zero-order chi connectivity index (χ0) is 17.5. The van der Waals surface area contributed by atoms with E-state index in [0.29, 0.717) is 0 Å². The highest BCUT2D eigenvalue weighted by atomic mass is 79.9. The molecule has 1 aromatic heterocycles. The Morgan fingerprint density at radius 3 is 2.38 bits per heavy atom. The van der Waals surface area contributed by atoms with Gasteiger partial charge in [0.25, 0.3) is 0 Å². The van der Waals surface area contributed by atoms with E-state index in [1.54, 1.807) is 0 Å². The molecule has 0 saturated carbocycles. The molecule has 126 valence electrons. The molecule has 0 spiro atoms. The molecule has 0 bridgehead atoms. The summed E-state index contributed by atoms with van der Waals surface area (Å²) in [6, 6.07) is 26.1. The van der Waals surface area contributed by atoms with Crippen LogP contribution in [-0.2, 0) is 6.42 Å². The van der Waals surface area contributed by atoms with E-state index in [9.17, 15) is 0 Å². The van der Waals surface area contributed by atoms with Crippen molar-refractivity contribution in [2.75, 3.05) is 0 Å².